The van der Waals surface area contributed by atoms with Gasteiger partial charge in [-0.1, -0.05) is 29.8 Å². The van der Waals surface area contributed by atoms with E-state index in [1.54, 1.807) is 6.07 Å². The zero-order valence-corrected chi connectivity index (χ0v) is 14.4. The number of carbonyl (C=O) groups is 2. The molecule has 6 heteroatoms. The van der Waals surface area contributed by atoms with Gasteiger partial charge in [-0.3, -0.25) is 9.59 Å². The van der Waals surface area contributed by atoms with Crippen LogP contribution in [0.3, 0.4) is 0 Å². The molecule has 2 aromatic rings. The highest BCUT2D eigenvalue weighted by atomic mass is 32.1. The topological polar surface area (TPSA) is 59.8 Å². The minimum Gasteiger partial charge on any atom is -0.370 e. The number of ether oxygens (including phenoxy) is 1. The number of hydrogen-bond donors (Lipinski definition) is 2. The minimum absolute atomic E-state index is 0.0627. The average molecular weight is 345 g/mol. The highest BCUT2D eigenvalue weighted by molar-refractivity contribution is 7.14. The van der Waals surface area contributed by atoms with E-state index in [0.29, 0.717) is 35.9 Å². The third kappa shape index (κ3) is 4.08. The first-order chi connectivity index (χ1) is 11.6. The lowest BCUT2D eigenvalue weighted by Crippen LogP contribution is -3.15. The molecule has 126 valence electrons. The summed E-state index contributed by atoms with van der Waals surface area (Å²) in [5.41, 5.74) is 2.29. The standard InChI is InChI=1S/C18H20N2O3S/c1-13-2-4-14(5-3-13)17(22)15-6-11-24-18(15)19-16(21)12-20-7-9-23-10-8-20/h2-6,11H,7-10,12H2,1H3,(H,19,21)/p+1. The largest absolute Gasteiger partial charge is 0.370 e. The third-order valence-corrected chi connectivity index (χ3v) is 4.92. The number of carbonyl (C=O) groups excluding carboxylic acids is 2. The van der Waals surface area contributed by atoms with E-state index < -0.39 is 0 Å². The normalized spacial score (nSPS) is 15.2. The summed E-state index contributed by atoms with van der Waals surface area (Å²) in [6.07, 6.45) is 0. The zero-order chi connectivity index (χ0) is 16.9. The molecule has 1 fully saturated rings. The molecule has 24 heavy (non-hydrogen) atoms. The second kappa shape index (κ2) is 7.70. The summed E-state index contributed by atoms with van der Waals surface area (Å²) in [4.78, 5) is 26.1. The Hall–Kier alpha value is -2.02. The van der Waals surface area contributed by atoms with E-state index in [1.165, 1.54) is 16.2 Å². The molecule has 1 aliphatic heterocycles. The highest BCUT2D eigenvalue weighted by Crippen LogP contribution is 2.25. The fourth-order valence-corrected chi connectivity index (χ4v) is 3.48. The van der Waals surface area contributed by atoms with Gasteiger partial charge in [0, 0.05) is 5.56 Å². The van der Waals surface area contributed by atoms with Crippen molar-refractivity contribution in [3.05, 3.63) is 52.4 Å². The van der Waals surface area contributed by atoms with E-state index in [-0.39, 0.29) is 11.7 Å². The summed E-state index contributed by atoms with van der Waals surface area (Å²) in [5, 5.41) is 5.35. The van der Waals surface area contributed by atoms with Gasteiger partial charge in [0.1, 0.15) is 18.1 Å². The number of anilines is 1. The predicted molar refractivity (Wildman–Crippen MR) is 93.9 cm³/mol. The average Bonchev–Trinajstić information content (AvgIpc) is 3.03. The highest BCUT2D eigenvalue weighted by Gasteiger charge is 2.20. The second-order valence-electron chi connectivity index (χ2n) is 5.95. The van der Waals surface area contributed by atoms with Gasteiger partial charge in [0.2, 0.25) is 0 Å². The molecular formula is C18H21N2O3S+. The summed E-state index contributed by atoms with van der Waals surface area (Å²) in [6, 6.07) is 9.24. The molecule has 0 bridgehead atoms. The summed E-state index contributed by atoms with van der Waals surface area (Å²) < 4.78 is 5.30. The fourth-order valence-electron chi connectivity index (χ4n) is 2.68. The zero-order valence-electron chi connectivity index (χ0n) is 13.6. The Balaban J connectivity index is 1.67. The van der Waals surface area contributed by atoms with Gasteiger partial charge in [-0.25, -0.2) is 0 Å². The molecule has 1 aromatic carbocycles. The van der Waals surface area contributed by atoms with Crippen LogP contribution in [0.25, 0.3) is 0 Å². The molecule has 1 aromatic heterocycles. The van der Waals surface area contributed by atoms with E-state index in [4.69, 9.17) is 4.74 Å². The Morgan fingerprint density at radius 2 is 1.88 bits per heavy atom. The Labute approximate surface area is 145 Å². The van der Waals surface area contributed by atoms with Crippen molar-refractivity contribution in [3.63, 3.8) is 0 Å². The number of amides is 1. The Morgan fingerprint density at radius 1 is 1.17 bits per heavy atom. The molecule has 0 radical (unpaired) electrons. The molecule has 3 rings (SSSR count). The number of quaternary nitrogens is 1. The quantitative estimate of drug-likeness (QED) is 0.799. The summed E-state index contributed by atoms with van der Waals surface area (Å²) in [7, 11) is 0. The number of thiophene rings is 1. The Morgan fingerprint density at radius 3 is 2.58 bits per heavy atom. The smallest absolute Gasteiger partial charge is 0.280 e. The van der Waals surface area contributed by atoms with Gasteiger partial charge in [0.15, 0.2) is 12.3 Å². The second-order valence-corrected chi connectivity index (χ2v) is 6.86. The lowest BCUT2D eigenvalue weighted by molar-refractivity contribution is -0.899. The van der Waals surface area contributed by atoms with E-state index in [0.717, 1.165) is 18.7 Å². The van der Waals surface area contributed by atoms with Crippen molar-refractivity contribution < 1.29 is 19.2 Å². The van der Waals surface area contributed by atoms with E-state index in [2.05, 4.69) is 5.32 Å². The fraction of sp³-hybridized carbons (Fsp3) is 0.333. The maximum Gasteiger partial charge on any atom is 0.280 e. The van der Waals surface area contributed by atoms with Crippen LogP contribution in [0.15, 0.2) is 35.7 Å². The van der Waals surface area contributed by atoms with Crippen LogP contribution < -0.4 is 10.2 Å². The van der Waals surface area contributed by atoms with Crippen molar-refractivity contribution in [2.75, 3.05) is 38.2 Å². The van der Waals surface area contributed by atoms with Crippen LogP contribution >= 0.6 is 11.3 Å². The number of rotatable bonds is 5. The van der Waals surface area contributed by atoms with Crippen LogP contribution in [0.4, 0.5) is 5.00 Å². The maximum atomic E-state index is 12.6. The van der Waals surface area contributed by atoms with Crippen molar-refractivity contribution in [3.8, 4) is 0 Å². The molecule has 0 aliphatic carbocycles. The van der Waals surface area contributed by atoms with Crippen molar-refractivity contribution in [1.82, 2.24) is 0 Å². The SMILES string of the molecule is Cc1ccc(C(=O)c2ccsc2NC(=O)C[NH+]2CCOCC2)cc1. The number of hydrogen-bond acceptors (Lipinski definition) is 4. The van der Waals surface area contributed by atoms with Gasteiger partial charge in [0.05, 0.1) is 18.8 Å². The number of morpholine rings is 1. The summed E-state index contributed by atoms with van der Waals surface area (Å²) in [6.45, 7) is 5.45. The number of ketones is 1. The van der Waals surface area contributed by atoms with Crippen LogP contribution in [0, 0.1) is 6.92 Å². The van der Waals surface area contributed by atoms with Crippen LogP contribution in [-0.4, -0.2) is 44.5 Å². The van der Waals surface area contributed by atoms with Gasteiger partial charge >= 0.3 is 0 Å². The van der Waals surface area contributed by atoms with Crippen LogP contribution in [0.1, 0.15) is 21.5 Å². The first-order valence-electron chi connectivity index (χ1n) is 8.03. The minimum atomic E-state index is -0.0646. The summed E-state index contributed by atoms with van der Waals surface area (Å²) in [5.74, 6) is -0.127. The first kappa shape index (κ1) is 16.8. The molecule has 0 unspecified atom stereocenters. The van der Waals surface area contributed by atoms with Crippen LogP contribution in [0.5, 0.6) is 0 Å². The maximum absolute atomic E-state index is 12.6. The van der Waals surface area contributed by atoms with Crippen LogP contribution in [-0.2, 0) is 9.53 Å². The van der Waals surface area contributed by atoms with Gasteiger partial charge in [-0.15, -0.1) is 11.3 Å². The van der Waals surface area contributed by atoms with E-state index in [1.807, 2.05) is 36.6 Å². The van der Waals surface area contributed by atoms with Crippen molar-refractivity contribution in [1.29, 1.82) is 0 Å². The molecule has 0 atom stereocenters. The van der Waals surface area contributed by atoms with Crippen LogP contribution in [0.2, 0.25) is 0 Å². The van der Waals surface area contributed by atoms with Gasteiger partial charge in [-0.05, 0) is 18.4 Å². The van der Waals surface area contributed by atoms with Crippen molar-refractivity contribution in [2.24, 2.45) is 0 Å². The van der Waals surface area contributed by atoms with E-state index >= 15 is 0 Å². The molecule has 0 saturated carbocycles. The van der Waals surface area contributed by atoms with Gasteiger partial charge in [-0.2, -0.15) is 0 Å². The molecule has 1 amide bonds. The van der Waals surface area contributed by atoms with Gasteiger partial charge in [0.25, 0.3) is 5.91 Å². The molecule has 0 spiro atoms. The van der Waals surface area contributed by atoms with Crippen molar-refractivity contribution in [2.45, 2.75) is 6.92 Å². The molecule has 1 saturated heterocycles. The number of aryl methyl sites for hydroxylation is 1. The Kier molecular flexibility index (Phi) is 5.40. The third-order valence-electron chi connectivity index (χ3n) is 4.09. The van der Waals surface area contributed by atoms with Crippen molar-refractivity contribution >= 4 is 28.0 Å². The first-order valence-corrected chi connectivity index (χ1v) is 8.91. The summed E-state index contributed by atoms with van der Waals surface area (Å²) >= 11 is 1.38. The number of nitrogens with one attached hydrogen (secondary N) is 2. The molecular weight excluding hydrogens is 324 g/mol. The predicted octanol–water partition coefficient (Wildman–Crippen LogP) is 1.14. The lowest BCUT2D eigenvalue weighted by atomic mass is 10.0. The van der Waals surface area contributed by atoms with E-state index in [9.17, 15) is 9.59 Å². The number of benzene rings is 1. The lowest BCUT2D eigenvalue weighted by Gasteiger charge is -2.23. The molecule has 5 nitrogen and oxygen atoms in total. The molecule has 2 N–H and O–H groups in total. The molecule has 1 aliphatic rings. The Bertz CT molecular complexity index is 718. The molecule has 2 heterocycles. The monoisotopic (exact) mass is 345 g/mol. The van der Waals surface area contributed by atoms with Gasteiger partial charge < -0.3 is 15.0 Å².